The molecule has 0 aliphatic carbocycles. The number of carbonyl (C=O) groups is 2. The number of benzene rings is 3. The van der Waals surface area contributed by atoms with Crippen LogP contribution in [0.2, 0.25) is 5.02 Å². The first-order valence-corrected chi connectivity index (χ1v) is 14.1. The number of urea groups is 1. The lowest BCUT2D eigenvalue weighted by molar-refractivity contribution is -0.137. The van der Waals surface area contributed by atoms with E-state index in [1.54, 1.807) is 30.3 Å². The SMILES string of the molecule is CC1(C)CN(C(=O)c2cc(Cc3n[nH]c(=O)c4ccccc34)ccc2F)CCC1NC(=O)Nc1cc(C(F)(F)F)ccc1Cl. The molecular formula is C31H28ClF4N5O3. The summed E-state index contributed by atoms with van der Waals surface area (Å²) in [5.74, 6) is -1.20. The maximum absolute atomic E-state index is 14.9. The van der Waals surface area contributed by atoms with Gasteiger partial charge < -0.3 is 15.5 Å². The summed E-state index contributed by atoms with van der Waals surface area (Å²) in [5, 5.41) is 12.9. The summed E-state index contributed by atoms with van der Waals surface area (Å²) in [5.41, 5.74) is -1.06. The number of nitrogens with zero attached hydrogens (tertiary/aromatic N) is 2. The fraction of sp³-hybridized carbons (Fsp3) is 0.290. The van der Waals surface area contributed by atoms with Crippen LogP contribution in [0.15, 0.2) is 65.5 Å². The molecule has 44 heavy (non-hydrogen) atoms. The molecule has 1 unspecified atom stereocenters. The third kappa shape index (κ3) is 6.54. The Morgan fingerprint density at radius 3 is 2.52 bits per heavy atom. The molecule has 4 aromatic rings. The Labute approximate surface area is 254 Å². The van der Waals surface area contributed by atoms with E-state index in [2.05, 4.69) is 20.8 Å². The van der Waals surface area contributed by atoms with Gasteiger partial charge in [0, 0.05) is 36.4 Å². The van der Waals surface area contributed by atoms with E-state index in [0.29, 0.717) is 28.5 Å². The van der Waals surface area contributed by atoms with Gasteiger partial charge in [0.2, 0.25) is 0 Å². The maximum Gasteiger partial charge on any atom is 0.416 e. The normalized spacial score (nSPS) is 16.5. The van der Waals surface area contributed by atoms with E-state index >= 15 is 0 Å². The number of carbonyl (C=O) groups excluding carboxylic acids is 2. The molecule has 1 aliphatic heterocycles. The number of aromatic nitrogens is 2. The third-order valence-electron chi connectivity index (χ3n) is 7.77. The van der Waals surface area contributed by atoms with Crippen LogP contribution >= 0.6 is 11.6 Å². The van der Waals surface area contributed by atoms with Crippen LogP contribution in [0, 0.1) is 11.2 Å². The summed E-state index contributed by atoms with van der Waals surface area (Å²) in [6.07, 6.45) is -4.04. The van der Waals surface area contributed by atoms with Crippen LogP contribution in [-0.4, -0.2) is 46.2 Å². The van der Waals surface area contributed by atoms with Gasteiger partial charge in [-0.15, -0.1) is 0 Å². The molecule has 3 aromatic carbocycles. The van der Waals surface area contributed by atoms with Crippen molar-refractivity contribution in [3.63, 3.8) is 0 Å². The molecule has 0 spiro atoms. The summed E-state index contributed by atoms with van der Waals surface area (Å²) in [6.45, 7) is 4.03. The standard InChI is InChI=1S/C31H28ClF4N5O3/c1-30(2)16-41(12-11-26(30)38-29(44)37-25-15-18(31(34,35)36)8-9-22(25)32)28(43)21-13-17(7-10-23(21)33)14-24-19-5-3-4-6-20(19)27(42)40-39-24/h3-10,13,15,26H,11-12,14,16H2,1-2H3,(H,40,42)(H2,37,38,44). The second-order valence-corrected chi connectivity index (χ2v) is 11.8. The van der Waals surface area contributed by atoms with Gasteiger partial charge in [0.05, 0.1) is 32.9 Å². The number of aromatic amines is 1. The fourth-order valence-corrected chi connectivity index (χ4v) is 5.59. The molecule has 13 heteroatoms. The van der Waals surface area contributed by atoms with Crippen LogP contribution in [-0.2, 0) is 12.6 Å². The van der Waals surface area contributed by atoms with Gasteiger partial charge in [-0.05, 0) is 48.4 Å². The zero-order valence-corrected chi connectivity index (χ0v) is 24.4. The van der Waals surface area contributed by atoms with Crippen LogP contribution in [0.4, 0.5) is 28.0 Å². The first-order valence-electron chi connectivity index (χ1n) is 13.7. The molecule has 230 valence electrons. The minimum atomic E-state index is -4.61. The zero-order valence-electron chi connectivity index (χ0n) is 23.7. The highest BCUT2D eigenvalue weighted by Crippen LogP contribution is 2.34. The van der Waals surface area contributed by atoms with Gasteiger partial charge in [-0.2, -0.15) is 18.3 Å². The molecule has 8 nitrogen and oxygen atoms in total. The summed E-state index contributed by atoms with van der Waals surface area (Å²) in [6, 6.07) is 12.7. The first-order chi connectivity index (χ1) is 20.7. The number of nitrogens with one attached hydrogen (secondary N) is 3. The van der Waals surface area contributed by atoms with Gasteiger partial charge >= 0.3 is 12.2 Å². The zero-order chi connectivity index (χ0) is 31.8. The van der Waals surface area contributed by atoms with E-state index in [-0.39, 0.29) is 41.3 Å². The summed E-state index contributed by atoms with van der Waals surface area (Å²) < 4.78 is 54.3. The molecule has 5 rings (SSSR count). The molecular weight excluding hydrogens is 602 g/mol. The predicted molar refractivity (Wildman–Crippen MR) is 158 cm³/mol. The van der Waals surface area contributed by atoms with Crippen LogP contribution in [0.1, 0.15) is 47.4 Å². The molecule has 1 aromatic heterocycles. The van der Waals surface area contributed by atoms with Gasteiger partial charge in [-0.1, -0.05) is 49.7 Å². The molecule has 2 heterocycles. The fourth-order valence-electron chi connectivity index (χ4n) is 5.43. The van der Waals surface area contributed by atoms with Crippen molar-refractivity contribution in [2.45, 2.75) is 38.9 Å². The van der Waals surface area contributed by atoms with Gasteiger partial charge in [0.15, 0.2) is 0 Å². The lowest BCUT2D eigenvalue weighted by Crippen LogP contribution is -2.57. The highest BCUT2D eigenvalue weighted by Gasteiger charge is 2.39. The highest BCUT2D eigenvalue weighted by molar-refractivity contribution is 6.33. The second kappa shape index (κ2) is 11.9. The first kappa shape index (κ1) is 31.0. The Morgan fingerprint density at radius 2 is 1.82 bits per heavy atom. The number of hydrogen-bond donors (Lipinski definition) is 3. The van der Waals surface area contributed by atoms with Crippen molar-refractivity contribution < 1.29 is 27.2 Å². The number of hydrogen-bond acceptors (Lipinski definition) is 4. The molecule has 0 saturated carbocycles. The Balaban J connectivity index is 1.27. The largest absolute Gasteiger partial charge is 0.416 e. The molecule has 1 atom stereocenters. The topological polar surface area (TPSA) is 107 Å². The van der Waals surface area contributed by atoms with Crippen molar-refractivity contribution in [1.82, 2.24) is 20.4 Å². The Kier molecular flexibility index (Phi) is 8.39. The van der Waals surface area contributed by atoms with Gasteiger partial charge in [0.25, 0.3) is 11.5 Å². The molecule has 3 N–H and O–H groups in total. The van der Waals surface area contributed by atoms with Crippen molar-refractivity contribution >= 4 is 40.0 Å². The van der Waals surface area contributed by atoms with E-state index in [1.807, 2.05) is 13.8 Å². The average molecular weight is 630 g/mol. The summed E-state index contributed by atoms with van der Waals surface area (Å²) in [7, 11) is 0. The lowest BCUT2D eigenvalue weighted by Gasteiger charge is -2.44. The number of likely N-dealkylation sites (tertiary alicyclic amines) is 1. The van der Waals surface area contributed by atoms with E-state index < -0.39 is 41.0 Å². The number of anilines is 1. The van der Waals surface area contributed by atoms with Crippen LogP contribution < -0.4 is 16.2 Å². The number of H-pyrrole nitrogens is 1. The number of fused-ring (bicyclic) bond motifs is 1. The van der Waals surface area contributed by atoms with Crippen molar-refractivity contribution in [3.05, 3.63) is 104 Å². The van der Waals surface area contributed by atoms with Crippen molar-refractivity contribution in [2.75, 3.05) is 18.4 Å². The maximum atomic E-state index is 14.9. The number of amides is 3. The molecule has 0 bridgehead atoms. The monoisotopic (exact) mass is 629 g/mol. The van der Waals surface area contributed by atoms with Gasteiger partial charge in [0.1, 0.15) is 5.82 Å². The Morgan fingerprint density at radius 1 is 1.09 bits per heavy atom. The third-order valence-corrected chi connectivity index (χ3v) is 8.10. The number of alkyl halides is 3. The average Bonchev–Trinajstić information content (AvgIpc) is 2.96. The number of piperidine rings is 1. The molecule has 3 amide bonds. The van der Waals surface area contributed by atoms with Gasteiger partial charge in [-0.25, -0.2) is 14.3 Å². The van der Waals surface area contributed by atoms with Crippen molar-refractivity contribution in [1.29, 1.82) is 0 Å². The number of rotatable bonds is 5. The van der Waals surface area contributed by atoms with Crippen LogP contribution in [0.25, 0.3) is 10.8 Å². The molecule has 1 saturated heterocycles. The van der Waals surface area contributed by atoms with Crippen molar-refractivity contribution in [3.8, 4) is 0 Å². The van der Waals surface area contributed by atoms with E-state index in [1.165, 1.54) is 17.0 Å². The molecule has 1 fully saturated rings. The van der Waals surface area contributed by atoms with Gasteiger partial charge in [-0.3, -0.25) is 9.59 Å². The van der Waals surface area contributed by atoms with E-state index in [9.17, 15) is 31.9 Å². The minimum absolute atomic E-state index is 0.0541. The second-order valence-electron chi connectivity index (χ2n) is 11.4. The predicted octanol–water partition coefficient (Wildman–Crippen LogP) is 6.39. The van der Waals surface area contributed by atoms with E-state index in [4.69, 9.17) is 11.6 Å². The molecule has 1 aliphatic rings. The Bertz CT molecular complexity index is 1810. The minimum Gasteiger partial charge on any atom is -0.338 e. The quantitative estimate of drug-likeness (QED) is 0.223. The number of halogens is 5. The van der Waals surface area contributed by atoms with E-state index in [0.717, 1.165) is 18.2 Å². The summed E-state index contributed by atoms with van der Waals surface area (Å²) >= 11 is 6.00. The summed E-state index contributed by atoms with van der Waals surface area (Å²) in [4.78, 5) is 39.9. The lowest BCUT2D eigenvalue weighted by atomic mass is 9.79. The highest BCUT2D eigenvalue weighted by atomic mass is 35.5. The Hall–Kier alpha value is -4.45. The van der Waals surface area contributed by atoms with Crippen molar-refractivity contribution in [2.24, 2.45) is 5.41 Å². The molecule has 0 radical (unpaired) electrons. The smallest absolute Gasteiger partial charge is 0.338 e. The van der Waals surface area contributed by atoms with Crippen LogP contribution in [0.3, 0.4) is 0 Å². The van der Waals surface area contributed by atoms with Crippen LogP contribution in [0.5, 0.6) is 0 Å².